The van der Waals surface area contributed by atoms with E-state index in [1.54, 1.807) is 7.11 Å². The van der Waals surface area contributed by atoms with Crippen LogP contribution in [-0.4, -0.2) is 43.9 Å². The van der Waals surface area contributed by atoms with Gasteiger partial charge in [-0.3, -0.25) is 4.79 Å². The van der Waals surface area contributed by atoms with Crippen LogP contribution < -0.4 is 0 Å². The third-order valence-electron chi connectivity index (χ3n) is 2.97. The standard InChI is InChI=1S/C13H10O.C6H14O3/c14-13(11-7-3-1-4-8-11)12-9-5-2-6-10-12;1-6(5-8-2)9-4-3-7/h1-10H;6-7H,3-5H2,1-2H3. The van der Waals surface area contributed by atoms with Crippen molar-refractivity contribution < 1.29 is 19.4 Å². The van der Waals surface area contributed by atoms with Crippen molar-refractivity contribution in [3.8, 4) is 0 Å². The summed E-state index contributed by atoms with van der Waals surface area (Å²) in [4.78, 5) is 11.8. The monoisotopic (exact) mass is 316 g/mol. The summed E-state index contributed by atoms with van der Waals surface area (Å²) >= 11 is 0. The summed E-state index contributed by atoms with van der Waals surface area (Å²) in [5.41, 5.74) is 1.47. The zero-order chi connectivity index (χ0) is 16.9. The van der Waals surface area contributed by atoms with Crippen LogP contribution in [0.2, 0.25) is 0 Å². The molecule has 0 saturated carbocycles. The lowest BCUT2D eigenvalue weighted by atomic mass is 10.0. The van der Waals surface area contributed by atoms with E-state index in [2.05, 4.69) is 0 Å². The summed E-state index contributed by atoms with van der Waals surface area (Å²) in [6, 6.07) is 18.6. The van der Waals surface area contributed by atoms with Gasteiger partial charge in [0.15, 0.2) is 5.78 Å². The molecule has 2 aromatic rings. The molecule has 0 aliphatic carbocycles. The van der Waals surface area contributed by atoms with Crippen molar-refractivity contribution in [2.75, 3.05) is 26.9 Å². The molecule has 1 N–H and O–H groups in total. The Morgan fingerprint density at radius 1 is 1.00 bits per heavy atom. The minimum Gasteiger partial charge on any atom is -0.394 e. The zero-order valence-corrected chi connectivity index (χ0v) is 13.6. The topological polar surface area (TPSA) is 55.8 Å². The Bertz CT molecular complexity index is 498. The molecule has 1 atom stereocenters. The van der Waals surface area contributed by atoms with E-state index in [-0.39, 0.29) is 18.5 Å². The van der Waals surface area contributed by atoms with Gasteiger partial charge in [-0.2, -0.15) is 0 Å². The molecule has 4 heteroatoms. The molecule has 124 valence electrons. The van der Waals surface area contributed by atoms with Crippen LogP contribution in [0.1, 0.15) is 22.8 Å². The fraction of sp³-hybridized carbons (Fsp3) is 0.316. The average molecular weight is 316 g/mol. The molecule has 0 aliphatic rings. The highest BCUT2D eigenvalue weighted by atomic mass is 16.5. The molecule has 0 saturated heterocycles. The van der Waals surface area contributed by atoms with Crippen molar-refractivity contribution in [2.45, 2.75) is 13.0 Å². The third-order valence-corrected chi connectivity index (χ3v) is 2.97. The van der Waals surface area contributed by atoms with Gasteiger partial charge in [0.1, 0.15) is 0 Å². The highest BCUT2D eigenvalue weighted by Crippen LogP contribution is 2.08. The number of methoxy groups -OCH3 is 1. The number of carbonyl (C=O) groups excluding carboxylic acids is 1. The first kappa shape index (κ1) is 19.0. The maximum Gasteiger partial charge on any atom is 0.193 e. The highest BCUT2D eigenvalue weighted by Gasteiger charge is 2.06. The van der Waals surface area contributed by atoms with Crippen LogP contribution in [0.3, 0.4) is 0 Å². The molecular formula is C19H24O4. The van der Waals surface area contributed by atoms with Crippen molar-refractivity contribution in [2.24, 2.45) is 0 Å². The number of ether oxygens (including phenoxy) is 2. The number of aliphatic hydroxyl groups excluding tert-OH is 1. The maximum absolute atomic E-state index is 11.8. The van der Waals surface area contributed by atoms with E-state index in [4.69, 9.17) is 14.6 Å². The fourth-order valence-corrected chi connectivity index (χ4v) is 1.88. The smallest absolute Gasteiger partial charge is 0.193 e. The van der Waals surface area contributed by atoms with Crippen LogP contribution in [0.5, 0.6) is 0 Å². The normalized spacial score (nSPS) is 11.3. The van der Waals surface area contributed by atoms with Gasteiger partial charge in [-0.15, -0.1) is 0 Å². The number of ketones is 1. The van der Waals surface area contributed by atoms with Crippen LogP contribution in [0, 0.1) is 0 Å². The van der Waals surface area contributed by atoms with Gasteiger partial charge in [0.2, 0.25) is 0 Å². The quantitative estimate of drug-likeness (QED) is 0.798. The van der Waals surface area contributed by atoms with Crippen LogP contribution in [0.25, 0.3) is 0 Å². The highest BCUT2D eigenvalue weighted by molar-refractivity contribution is 6.08. The second kappa shape index (κ2) is 11.5. The zero-order valence-electron chi connectivity index (χ0n) is 13.6. The van der Waals surface area contributed by atoms with Gasteiger partial charge in [-0.25, -0.2) is 0 Å². The van der Waals surface area contributed by atoms with Gasteiger partial charge in [0.25, 0.3) is 0 Å². The predicted molar refractivity (Wildman–Crippen MR) is 90.7 cm³/mol. The van der Waals surface area contributed by atoms with E-state index in [1.807, 2.05) is 67.6 Å². The van der Waals surface area contributed by atoms with Crippen LogP contribution in [0.4, 0.5) is 0 Å². The van der Waals surface area contributed by atoms with E-state index < -0.39 is 0 Å². The summed E-state index contributed by atoms with van der Waals surface area (Å²) < 4.78 is 9.85. The first-order valence-corrected chi connectivity index (χ1v) is 7.55. The minimum atomic E-state index is 0.0752. The number of hydrogen-bond donors (Lipinski definition) is 1. The Morgan fingerprint density at radius 3 is 1.87 bits per heavy atom. The van der Waals surface area contributed by atoms with Gasteiger partial charge < -0.3 is 14.6 Å². The molecule has 1 unspecified atom stereocenters. The molecule has 2 aromatic carbocycles. The van der Waals surface area contributed by atoms with E-state index >= 15 is 0 Å². The van der Waals surface area contributed by atoms with Crippen molar-refractivity contribution in [3.05, 3.63) is 71.8 Å². The van der Waals surface area contributed by atoms with Crippen molar-refractivity contribution in [3.63, 3.8) is 0 Å². The summed E-state index contributed by atoms with van der Waals surface area (Å²) in [5.74, 6) is 0.0752. The molecule has 0 heterocycles. The van der Waals surface area contributed by atoms with E-state index in [9.17, 15) is 4.79 Å². The third kappa shape index (κ3) is 7.70. The SMILES string of the molecule is COCC(C)OCCO.O=C(c1ccccc1)c1ccccc1. The maximum atomic E-state index is 11.8. The molecule has 0 amide bonds. The number of benzene rings is 2. The number of hydrogen-bond acceptors (Lipinski definition) is 4. The number of carbonyl (C=O) groups is 1. The van der Waals surface area contributed by atoms with Crippen molar-refractivity contribution in [1.82, 2.24) is 0 Å². The molecular weight excluding hydrogens is 292 g/mol. The molecule has 0 spiro atoms. The minimum absolute atomic E-state index is 0.0752. The van der Waals surface area contributed by atoms with E-state index in [0.29, 0.717) is 13.2 Å². The Hall–Kier alpha value is -2.01. The first-order valence-electron chi connectivity index (χ1n) is 7.55. The van der Waals surface area contributed by atoms with Crippen LogP contribution in [0.15, 0.2) is 60.7 Å². The molecule has 0 bridgehead atoms. The van der Waals surface area contributed by atoms with Crippen LogP contribution >= 0.6 is 0 Å². The lowest BCUT2D eigenvalue weighted by molar-refractivity contribution is -0.00529. The largest absolute Gasteiger partial charge is 0.394 e. The number of aliphatic hydroxyl groups is 1. The van der Waals surface area contributed by atoms with Gasteiger partial charge in [-0.05, 0) is 6.92 Å². The molecule has 0 aliphatic heterocycles. The number of rotatable bonds is 7. The molecule has 0 radical (unpaired) electrons. The molecule has 2 rings (SSSR count). The second-order valence-corrected chi connectivity index (χ2v) is 4.92. The molecule has 4 nitrogen and oxygen atoms in total. The van der Waals surface area contributed by atoms with Crippen LogP contribution in [-0.2, 0) is 9.47 Å². The Labute approximate surface area is 137 Å². The van der Waals surface area contributed by atoms with Crippen molar-refractivity contribution >= 4 is 5.78 Å². The van der Waals surface area contributed by atoms with E-state index in [0.717, 1.165) is 11.1 Å². The predicted octanol–water partition coefficient (Wildman–Crippen LogP) is 2.95. The lowest BCUT2D eigenvalue weighted by Crippen LogP contribution is -2.16. The summed E-state index contributed by atoms with van der Waals surface area (Å²) in [6.45, 7) is 2.96. The van der Waals surface area contributed by atoms with Gasteiger partial charge in [0.05, 0.1) is 25.9 Å². The van der Waals surface area contributed by atoms with Crippen molar-refractivity contribution in [1.29, 1.82) is 0 Å². The second-order valence-electron chi connectivity index (χ2n) is 4.92. The van der Waals surface area contributed by atoms with Gasteiger partial charge in [0, 0.05) is 18.2 Å². The summed E-state index contributed by atoms with van der Waals surface area (Å²) in [5, 5.41) is 8.32. The van der Waals surface area contributed by atoms with E-state index in [1.165, 1.54) is 0 Å². The molecule has 23 heavy (non-hydrogen) atoms. The lowest BCUT2D eigenvalue weighted by Gasteiger charge is -2.09. The average Bonchev–Trinajstić information content (AvgIpc) is 2.61. The van der Waals surface area contributed by atoms with Gasteiger partial charge >= 0.3 is 0 Å². The first-order chi connectivity index (χ1) is 11.2. The molecule has 0 fully saturated rings. The Kier molecular flexibility index (Phi) is 9.55. The summed E-state index contributed by atoms with van der Waals surface area (Å²) in [6.07, 6.45) is 0.0853. The molecule has 0 aromatic heterocycles. The van der Waals surface area contributed by atoms with Gasteiger partial charge in [-0.1, -0.05) is 60.7 Å². The summed E-state index contributed by atoms with van der Waals surface area (Å²) in [7, 11) is 1.62. The Balaban J connectivity index is 0.000000257. The Morgan fingerprint density at radius 2 is 1.48 bits per heavy atom. The fourth-order valence-electron chi connectivity index (χ4n) is 1.88.